The molecule has 0 aromatic carbocycles. The molecule has 1 saturated carbocycles. The molecule has 2 nitrogen and oxygen atoms in total. The Kier molecular flexibility index (Phi) is 5.92. The molecule has 0 bridgehead atoms. The highest BCUT2D eigenvalue weighted by molar-refractivity contribution is 4.94. The molecule has 118 valence electrons. The van der Waals surface area contributed by atoms with Crippen molar-refractivity contribution in [2.75, 3.05) is 13.1 Å². The Balaban J connectivity index is 1.94. The molecular formula is C18H36N2. The van der Waals surface area contributed by atoms with Crippen molar-refractivity contribution in [1.82, 2.24) is 10.2 Å². The van der Waals surface area contributed by atoms with E-state index >= 15 is 0 Å². The van der Waals surface area contributed by atoms with Crippen LogP contribution in [0, 0.1) is 17.8 Å². The zero-order valence-electron chi connectivity index (χ0n) is 14.4. The van der Waals surface area contributed by atoms with Gasteiger partial charge in [-0.05, 0) is 63.3 Å². The molecule has 0 aromatic rings. The standard InChI is InChI=1S/C18H36N2/c1-6-10-19-17-9-11-20(16(5)15(17)4)18-8-7-13(2)12-14(18)3/h13-19H,6-12H2,1-5H3. The van der Waals surface area contributed by atoms with Gasteiger partial charge in [0.1, 0.15) is 0 Å². The lowest BCUT2D eigenvalue weighted by atomic mass is 9.76. The molecule has 1 N–H and O–H groups in total. The summed E-state index contributed by atoms with van der Waals surface area (Å²) in [5.41, 5.74) is 0. The minimum atomic E-state index is 0.735. The highest BCUT2D eigenvalue weighted by Gasteiger charge is 2.38. The summed E-state index contributed by atoms with van der Waals surface area (Å²) >= 11 is 0. The van der Waals surface area contributed by atoms with Gasteiger partial charge in [-0.25, -0.2) is 0 Å². The second-order valence-electron chi connectivity index (χ2n) is 7.65. The van der Waals surface area contributed by atoms with Gasteiger partial charge in [0.25, 0.3) is 0 Å². The fraction of sp³-hybridized carbons (Fsp3) is 1.00. The van der Waals surface area contributed by atoms with Crippen LogP contribution in [0.25, 0.3) is 0 Å². The van der Waals surface area contributed by atoms with Crippen molar-refractivity contribution >= 4 is 0 Å². The van der Waals surface area contributed by atoms with E-state index in [1.807, 2.05) is 0 Å². The van der Waals surface area contributed by atoms with E-state index in [9.17, 15) is 0 Å². The van der Waals surface area contributed by atoms with E-state index in [1.165, 1.54) is 45.2 Å². The van der Waals surface area contributed by atoms with Gasteiger partial charge in [-0.1, -0.05) is 27.7 Å². The summed E-state index contributed by atoms with van der Waals surface area (Å²) < 4.78 is 0. The second-order valence-corrected chi connectivity index (χ2v) is 7.65. The largest absolute Gasteiger partial charge is 0.314 e. The number of nitrogens with one attached hydrogen (secondary N) is 1. The topological polar surface area (TPSA) is 15.3 Å². The molecule has 1 saturated heterocycles. The molecule has 2 rings (SSSR count). The smallest absolute Gasteiger partial charge is 0.0124 e. The van der Waals surface area contributed by atoms with Crippen molar-refractivity contribution in [3.05, 3.63) is 0 Å². The molecule has 6 unspecified atom stereocenters. The second kappa shape index (κ2) is 7.26. The molecule has 20 heavy (non-hydrogen) atoms. The first-order valence-electron chi connectivity index (χ1n) is 9.03. The SMILES string of the molecule is CCCNC1CCN(C2CCC(C)CC2C)C(C)C1C. The van der Waals surface area contributed by atoms with Crippen molar-refractivity contribution in [2.45, 2.75) is 84.8 Å². The summed E-state index contributed by atoms with van der Waals surface area (Å²) in [6.07, 6.45) is 6.87. The summed E-state index contributed by atoms with van der Waals surface area (Å²) in [4.78, 5) is 2.85. The lowest BCUT2D eigenvalue weighted by Gasteiger charge is -2.50. The molecular weight excluding hydrogens is 244 g/mol. The van der Waals surface area contributed by atoms with Crippen LogP contribution in [0.5, 0.6) is 0 Å². The minimum absolute atomic E-state index is 0.735. The first-order chi connectivity index (χ1) is 9.54. The van der Waals surface area contributed by atoms with Crippen LogP contribution < -0.4 is 5.32 Å². The van der Waals surface area contributed by atoms with Crippen molar-refractivity contribution in [1.29, 1.82) is 0 Å². The number of piperidine rings is 1. The Morgan fingerprint density at radius 3 is 2.45 bits per heavy atom. The molecule has 2 heteroatoms. The van der Waals surface area contributed by atoms with E-state index in [-0.39, 0.29) is 0 Å². The number of nitrogens with zero attached hydrogens (tertiary/aromatic N) is 1. The van der Waals surface area contributed by atoms with Crippen LogP contribution in [-0.4, -0.2) is 36.1 Å². The van der Waals surface area contributed by atoms with E-state index in [0.29, 0.717) is 0 Å². The molecule has 1 aliphatic carbocycles. The van der Waals surface area contributed by atoms with Crippen LogP contribution in [0.15, 0.2) is 0 Å². The molecule has 1 heterocycles. The highest BCUT2D eigenvalue weighted by Crippen LogP contribution is 2.36. The summed E-state index contributed by atoms with van der Waals surface area (Å²) in [6, 6.07) is 2.31. The third kappa shape index (κ3) is 3.57. The predicted molar refractivity (Wildman–Crippen MR) is 88.0 cm³/mol. The van der Waals surface area contributed by atoms with Crippen molar-refractivity contribution in [3.8, 4) is 0 Å². The van der Waals surface area contributed by atoms with Crippen LogP contribution in [0.1, 0.15) is 66.7 Å². The van der Waals surface area contributed by atoms with Gasteiger partial charge in [-0.3, -0.25) is 4.90 Å². The number of rotatable bonds is 4. The van der Waals surface area contributed by atoms with Gasteiger partial charge in [0, 0.05) is 24.7 Å². The average molecular weight is 280 g/mol. The summed E-state index contributed by atoms with van der Waals surface area (Å²) in [7, 11) is 0. The third-order valence-corrected chi connectivity index (χ3v) is 6.09. The van der Waals surface area contributed by atoms with E-state index in [4.69, 9.17) is 0 Å². The molecule has 1 aliphatic heterocycles. The summed E-state index contributed by atoms with van der Waals surface area (Å²) in [5, 5.41) is 3.77. The Labute approximate surface area is 126 Å². The molecule has 2 fully saturated rings. The lowest BCUT2D eigenvalue weighted by molar-refractivity contribution is 0.00381. The van der Waals surface area contributed by atoms with E-state index in [0.717, 1.165) is 35.9 Å². The first-order valence-corrected chi connectivity index (χ1v) is 9.03. The van der Waals surface area contributed by atoms with Crippen LogP contribution >= 0.6 is 0 Å². The van der Waals surface area contributed by atoms with Crippen molar-refractivity contribution in [2.24, 2.45) is 17.8 Å². The first kappa shape index (κ1) is 16.3. The fourth-order valence-corrected chi connectivity index (χ4v) is 4.62. The lowest BCUT2D eigenvalue weighted by Crippen LogP contribution is -2.58. The van der Waals surface area contributed by atoms with Crippen LogP contribution in [0.4, 0.5) is 0 Å². The van der Waals surface area contributed by atoms with E-state index < -0.39 is 0 Å². The molecule has 0 spiro atoms. The summed E-state index contributed by atoms with van der Waals surface area (Å²) in [6.45, 7) is 14.6. The minimum Gasteiger partial charge on any atom is -0.314 e. The molecule has 0 radical (unpaired) electrons. The quantitative estimate of drug-likeness (QED) is 0.840. The van der Waals surface area contributed by atoms with Gasteiger partial charge < -0.3 is 5.32 Å². The Hall–Kier alpha value is -0.0800. The van der Waals surface area contributed by atoms with Gasteiger partial charge in [0.15, 0.2) is 0 Å². The number of hydrogen-bond acceptors (Lipinski definition) is 2. The average Bonchev–Trinajstić information content (AvgIpc) is 2.41. The van der Waals surface area contributed by atoms with Crippen molar-refractivity contribution in [3.63, 3.8) is 0 Å². The van der Waals surface area contributed by atoms with Crippen molar-refractivity contribution < 1.29 is 0 Å². The molecule has 0 aromatic heterocycles. The number of hydrogen-bond donors (Lipinski definition) is 1. The van der Waals surface area contributed by atoms with Crippen LogP contribution in [0.3, 0.4) is 0 Å². The molecule has 0 amide bonds. The normalized spacial score (nSPS) is 43.6. The molecule has 6 atom stereocenters. The van der Waals surface area contributed by atoms with Gasteiger partial charge in [-0.15, -0.1) is 0 Å². The highest BCUT2D eigenvalue weighted by atomic mass is 15.2. The van der Waals surface area contributed by atoms with Crippen LogP contribution in [-0.2, 0) is 0 Å². The maximum atomic E-state index is 3.77. The monoisotopic (exact) mass is 280 g/mol. The Morgan fingerprint density at radius 1 is 1.05 bits per heavy atom. The third-order valence-electron chi connectivity index (χ3n) is 6.09. The number of likely N-dealkylation sites (tertiary alicyclic amines) is 1. The van der Waals surface area contributed by atoms with E-state index in [1.54, 1.807) is 0 Å². The van der Waals surface area contributed by atoms with Gasteiger partial charge in [0.2, 0.25) is 0 Å². The van der Waals surface area contributed by atoms with Gasteiger partial charge in [-0.2, -0.15) is 0 Å². The fourth-order valence-electron chi connectivity index (χ4n) is 4.62. The maximum Gasteiger partial charge on any atom is 0.0124 e. The Morgan fingerprint density at radius 2 is 1.80 bits per heavy atom. The molecule has 2 aliphatic rings. The van der Waals surface area contributed by atoms with E-state index in [2.05, 4.69) is 44.8 Å². The van der Waals surface area contributed by atoms with Gasteiger partial charge >= 0.3 is 0 Å². The zero-order chi connectivity index (χ0) is 14.7. The van der Waals surface area contributed by atoms with Gasteiger partial charge in [0.05, 0.1) is 0 Å². The predicted octanol–water partition coefficient (Wildman–Crippen LogP) is 3.91. The maximum absolute atomic E-state index is 3.77. The Bertz CT molecular complexity index is 291. The zero-order valence-corrected chi connectivity index (χ0v) is 14.4. The van der Waals surface area contributed by atoms with Crippen LogP contribution in [0.2, 0.25) is 0 Å². The summed E-state index contributed by atoms with van der Waals surface area (Å²) in [5.74, 6) is 2.60.